The van der Waals surface area contributed by atoms with E-state index in [2.05, 4.69) is 29.2 Å². The van der Waals surface area contributed by atoms with Crippen LogP contribution in [0.25, 0.3) is 0 Å². The average Bonchev–Trinajstić information content (AvgIpc) is 2.69. The summed E-state index contributed by atoms with van der Waals surface area (Å²) in [6.07, 6.45) is 3.41. The predicted octanol–water partition coefficient (Wildman–Crippen LogP) is 4.32. The van der Waals surface area contributed by atoms with E-state index >= 15 is 0 Å². The van der Waals surface area contributed by atoms with Gasteiger partial charge in [-0.05, 0) is 61.6 Å². The van der Waals surface area contributed by atoms with E-state index < -0.39 is 0 Å². The number of fused-ring (bicyclic) bond motifs is 1. The molecular formula is C18H21FN2. The van der Waals surface area contributed by atoms with Crippen LogP contribution in [0.4, 0.5) is 15.8 Å². The Labute approximate surface area is 125 Å². The van der Waals surface area contributed by atoms with Crippen molar-refractivity contribution >= 4 is 11.4 Å². The summed E-state index contributed by atoms with van der Waals surface area (Å²) in [5.74, 6) is -0.228. The van der Waals surface area contributed by atoms with Gasteiger partial charge in [0.25, 0.3) is 0 Å². The molecule has 2 N–H and O–H groups in total. The lowest BCUT2D eigenvalue weighted by Gasteiger charge is -2.28. The van der Waals surface area contributed by atoms with Gasteiger partial charge in [-0.15, -0.1) is 0 Å². The van der Waals surface area contributed by atoms with E-state index in [1.165, 1.54) is 23.7 Å². The monoisotopic (exact) mass is 284 g/mol. The number of nitrogens with zero attached hydrogens (tertiary/aromatic N) is 1. The Balaban J connectivity index is 2.12. The molecule has 0 aromatic heterocycles. The van der Waals surface area contributed by atoms with Gasteiger partial charge in [-0.25, -0.2) is 4.39 Å². The molecule has 0 aliphatic carbocycles. The summed E-state index contributed by atoms with van der Waals surface area (Å²) in [4.78, 5) is 2.29. The fraction of sp³-hybridized carbons (Fsp3) is 0.333. The van der Waals surface area contributed by atoms with Gasteiger partial charge in [0.2, 0.25) is 0 Å². The number of nitrogens with two attached hydrogens (primary N) is 1. The first-order valence-corrected chi connectivity index (χ1v) is 7.57. The van der Waals surface area contributed by atoms with Crippen molar-refractivity contribution in [2.75, 3.05) is 11.4 Å². The summed E-state index contributed by atoms with van der Waals surface area (Å²) in [7, 11) is 0. The van der Waals surface area contributed by atoms with Crippen LogP contribution in [-0.2, 0) is 6.42 Å². The zero-order valence-corrected chi connectivity index (χ0v) is 12.3. The third kappa shape index (κ3) is 2.79. The number of hydrogen-bond donors (Lipinski definition) is 1. The second-order valence-corrected chi connectivity index (χ2v) is 5.73. The molecule has 2 aromatic carbocycles. The molecule has 21 heavy (non-hydrogen) atoms. The van der Waals surface area contributed by atoms with Gasteiger partial charge >= 0.3 is 0 Å². The first-order chi connectivity index (χ1) is 10.2. The molecule has 1 aliphatic heterocycles. The highest BCUT2D eigenvalue weighted by molar-refractivity contribution is 5.70. The molecule has 0 spiro atoms. The van der Waals surface area contributed by atoms with Gasteiger partial charge in [0, 0.05) is 24.0 Å². The number of rotatable bonds is 2. The van der Waals surface area contributed by atoms with Crippen LogP contribution in [0.2, 0.25) is 0 Å². The Hall–Kier alpha value is -1.87. The van der Waals surface area contributed by atoms with Gasteiger partial charge in [0.05, 0.1) is 0 Å². The minimum Gasteiger partial charge on any atom is -0.341 e. The molecule has 3 heteroatoms. The van der Waals surface area contributed by atoms with Gasteiger partial charge in [0.15, 0.2) is 0 Å². The summed E-state index contributed by atoms with van der Waals surface area (Å²) < 4.78 is 13.6. The highest BCUT2D eigenvalue weighted by Gasteiger charge is 2.20. The third-order valence-corrected chi connectivity index (χ3v) is 4.13. The minimum atomic E-state index is -0.228. The lowest BCUT2D eigenvalue weighted by atomic mass is 10.0. The van der Waals surface area contributed by atoms with E-state index in [0.717, 1.165) is 30.6 Å². The Morgan fingerprint density at radius 3 is 2.71 bits per heavy atom. The summed E-state index contributed by atoms with van der Waals surface area (Å²) >= 11 is 0. The van der Waals surface area contributed by atoms with Crippen molar-refractivity contribution in [1.82, 2.24) is 0 Å². The average molecular weight is 284 g/mol. The number of benzene rings is 2. The quantitative estimate of drug-likeness (QED) is 0.890. The maximum Gasteiger partial charge on any atom is 0.123 e. The number of halogens is 1. The summed E-state index contributed by atoms with van der Waals surface area (Å²) in [5.41, 5.74) is 10.5. The van der Waals surface area contributed by atoms with E-state index in [-0.39, 0.29) is 11.9 Å². The number of hydrogen-bond acceptors (Lipinski definition) is 2. The molecule has 1 aliphatic rings. The Morgan fingerprint density at radius 1 is 1.10 bits per heavy atom. The van der Waals surface area contributed by atoms with Crippen LogP contribution in [0.1, 0.15) is 36.9 Å². The highest BCUT2D eigenvalue weighted by Crippen LogP contribution is 2.36. The lowest BCUT2D eigenvalue weighted by molar-refractivity contribution is 0.622. The Kier molecular flexibility index (Phi) is 3.93. The SMILES string of the molecule is CC(N)c1cc(F)ccc1N1CCCCc2ccccc21. The van der Waals surface area contributed by atoms with Gasteiger partial charge < -0.3 is 10.6 Å². The standard InChI is InChI=1S/C18H21FN2/c1-13(20)16-12-15(19)9-10-18(16)21-11-5-4-7-14-6-2-3-8-17(14)21/h2-3,6,8-10,12-13H,4-5,7,11,20H2,1H3. The molecule has 3 rings (SSSR count). The molecule has 0 amide bonds. The molecule has 1 unspecified atom stereocenters. The van der Waals surface area contributed by atoms with Crippen molar-refractivity contribution in [2.45, 2.75) is 32.2 Å². The van der Waals surface area contributed by atoms with Crippen LogP contribution in [0.3, 0.4) is 0 Å². The molecule has 1 atom stereocenters. The molecular weight excluding hydrogens is 263 g/mol. The zero-order valence-electron chi connectivity index (χ0n) is 12.3. The molecule has 0 saturated heterocycles. The van der Waals surface area contributed by atoms with Crippen LogP contribution in [0.15, 0.2) is 42.5 Å². The molecule has 2 aromatic rings. The van der Waals surface area contributed by atoms with Crippen LogP contribution in [0, 0.1) is 5.82 Å². The largest absolute Gasteiger partial charge is 0.341 e. The van der Waals surface area contributed by atoms with Gasteiger partial charge in [-0.2, -0.15) is 0 Å². The maximum atomic E-state index is 13.6. The van der Waals surface area contributed by atoms with E-state index in [1.807, 2.05) is 13.0 Å². The smallest absolute Gasteiger partial charge is 0.123 e. The fourth-order valence-electron chi connectivity index (χ4n) is 3.08. The molecule has 0 radical (unpaired) electrons. The second kappa shape index (κ2) is 5.86. The molecule has 110 valence electrons. The summed E-state index contributed by atoms with van der Waals surface area (Å²) in [6, 6.07) is 13.2. The molecule has 1 heterocycles. The predicted molar refractivity (Wildman–Crippen MR) is 85.4 cm³/mol. The van der Waals surface area contributed by atoms with E-state index in [0.29, 0.717) is 0 Å². The summed E-state index contributed by atoms with van der Waals surface area (Å²) in [5, 5.41) is 0. The first-order valence-electron chi connectivity index (χ1n) is 7.57. The third-order valence-electron chi connectivity index (χ3n) is 4.13. The van der Waals surface area contributed by atoms with Gasteiger partial charge in [-0.1, -0.05) is 18.2 Å². The van der Waals surface area contributed by atoms with E-state index in [9.17, 15) is 4.39 Å². The normalized spacial score (nSPS) is 16.2. The molecule has 0 saturated carbocycles. The molecule has 2 nitrogen and oxygen atoms in total. The maximum absolute atomic E-state index is 13.6. The fourth-order valence-corrected chi connectivity index (χ4v) is 3.08. The van der Waals surface area contributed by atoms with Crippen LogP contribution < -0.4 is 10.6 Å². The van der Waals surface area contributed by atoms with Crippen molar-refractivity contribution in [3.63, 3.8) is 0 Å². The van der Waals surface area contributed by atoms with Crippen molar-refractivity contribution in [3.8, 4) is 0 Å². The van der Waals surface area contributed by atoms with E-state index in [4.69, 9.17) is 5.73 Å². The number of anilines is 2. The van der Waals surface area contributed by atoms with Crippen LogP contribution in [-0.4, -0.2) is 6.54 Å². The second-order valence-electron chi connectivity index (χ2n) is 5.73. The Bertz CT molecular complexity index is 637. The first kappa shape index (κ1) is 14.1. The Morgan fingerprint density at radius 2 is 1.90 bits per heavy atom. The molecule has 0 fully saturated rings. The van der Waals surface area contributed by atoms with Crippen molar-refractivity contribution in [2.24, 2.45) is 5.73 Å². The van der Waals surface area contributed by atoms with Crippen molar-refractivity contribution in [1.29, 1.82) is 0 Å². The van der Waals surface area contributed by atoms with Gasteiger partial charge in [0.1, 0.15) is 5.82 Å². The highest BCUT2D eigenvalue weighted by atomic mass is 19.1. The number of aryl methyl sites for hydroxylation is 1. The molecule has 0 bridgehead atoms. The van der Waals surface area contributed by atoms with Gasteiger partial charge in [-0.3, -0.25) is 0 Å². The van der Waals surface area contributed by atoms with Crippen molar-refractivity contribution < 1.29 is 4.39 Å². The zero-order chi connectivity index (χ0) is 14.8. The van der Waals surface area contributed by atoms with E-state index in [1.54, 1.807) is 6.07 Å². The topological polar surface area (TPSA) is 29.3 Å². The van der Waals surface area contributed by atoms with Crippen LogP contribution >= 0.6 is 0 Å². The van der Waals surface area contributed by atoms with Crippen molar-refractivity contribution in [3.05, 3.63) is 59.4 Å². The number of para-hydroxylation sites is 1. The minimum absolute atomic E-state index is 0.189. The van der Waals surface area contributed by atoms with Crippen LogP contribution in [0.5, 0.6) is 0 Å². The lowest BCUT2D eigenvalue weighted by Crippen LogP contribution is -2.21. The summed E-state index contributed by atoms with van der Waals surface area (Å²) in [6.45, 7) is 2.85.